The Labute approximate surface area is 247 Å². The standard InChI is InChI=1S/C26H20Cl2N2S4Si.C2H3N/c27-35(28,31-25(32-35)29(21-13-5-1-6-14-21)22-15-7-2-8-16-22)33-26(34-35)30(23-17-9-3-10-18-23)24-19-11-4-12-20-24;1-2-3/h1-20H;1H3. The Bertz CT molecular complexity index is 1370. The van der Waals surface area contributed by atoms with E-state index in [2.05, 4.69) is 106 Å². The molecule has 0 saturated carbocycles. The Morgan fingerprint density at radius 1 is 0.526 bits per heavy atom. The summed E-state index contributed by atoms with van der Waals surface area (Å²) in [5.41, 5.74) is 4.37. The Hall–Kier alpha value is -2.09. The third-order valence-electron chi connectivity index (χ3n) is 5.58. The second-order valence-corrected chi connectivity index (χ2v) is 44.6. The Morgan fingerprint density at radius 3 is 0.947 bits per heavy atom. The second kappa shape index (κ2) is 10.5. The number of benzene rings is 4. The molecule has 4 aromatic rings. The number of para-hydroxylation sites is 4. The molecule has 2 fully saturated rings. The molecule has 0 aliphatic carbocycles. The number of halogens is 2. The molecule has 2 aliphatic rings. The second-order valence-electron chi connectivity index (χ2n) is 8.37. The number of nitriles is 1. The zero-order valence-electron chi connectivity index (χ0n) is 20.3. The topological polar surface area (TPSA) is 29.8 Å². The van der Waals surface area contributed by atoms with E-state index in [4.69, 9.17) is 27.4 Å². The van der Waals surface area contributed by atoms with Crippen LogP contribution in [-0.4, -0.2) is 10.6 Å². The fourth-order valence-corrected chi connectivity index (χ4v) is 41.0. The number of hydrogen-bond acceptors (Lipinski definition) is 5. The third kappa shape index (κ3) is 5.47. The molecule has 0 unspecified atom stereocenters. The van der Waals surface area contributed by atoms with Crippen LogP contribution in [0.15, 0.2) is 121 Å². The van der Waals surface area contributed by atoms with Crippen LogP contribution in [0.2, 0.25) is 0 Å². The maximum atomic E-state index is 7.49. The Morgan fingerprint density at radius 2 is 0.737 bits per heavy atom. The van der Waals surface area contributed by atoms with Crippen LogP contribution in [0.5, 0.6) is 0 Å². The molecule has 0 amide bonds. The van der Waals surface area contributed by atoms with Crippen LogP contribution in [0.3, 0.4) is 0 Å². The molecule has 192 valence electrons. The molecule has 6 rings (SSSR count). The van der Waals surface area contributed by atoms with E-state index in [0.29, 0.717) is 0 Å². The van der Waals surface area contributed by atoms with Gasteiger partial charge in [0.2, 0.25) is 0 Å². The summed E-state index contributed by atoms with van der Waals surface area (Å²) in [6.45, 7) is 1.43. The molecular formula is C28H23Cl2N3S4Si. The van der Waals surface area contributed by atoms with Gasteiger partial charge in [0.05, 0.1) is 6.07 Å². The first-order valence-electron chi connectivity index (χ1n) is 11.7. The van der Waals surface area contributed by atoms with E-state index in [1.54, 1.807) is 50.9 Å². The van der Waals surface area contributed by atoms with Crippen molar-refractivity contribution >= 4 is 100 Å². The van der Waals surface area contributed by atoms with Crippen molar-refractivity contribution in [1.29, 1.82) is 5.26 Å². The van der Waals surface area contributed by atoms with Crippen molar-refractivity contribution in [2.45, 2.75) is 6.92 Å². The van der Waals surface area contributed by atoms with Gasteiger partial charge in [0.15, 0.2) is 0 Å². The van der Waals surface area contributed by atoms with E-state index in [-0.39, 0.29) is 0 Å². The fourth-order valence-electron chi connectivity index (χ4n) is 4.00. The summed E-state index contributed by atoms with van der Waals surface area (Å²) in [5.74, 6) is 0. The molecule has 2 heterocycles. The van der Waals surface area contributed by atoms with Crippen LogP contribution in [-0.2, 0) is 0 Å². The summed E-state index contributed by atoms with van der Waals surface area (Å²) in [4.78, 5) is 0. The molecule has 2 saturated heterocycles. The predicted octanol–water partition coefficient (Wildman–Crippen LogP) is 10.1. The van der Waals surface area contributed by atoms with Gasteiger partial charge in [0, 0.05) is 6.92 Å². The van der Waals surface area contributed by atoms with Gasteiger partial charge >= 0.3 is 231 Å². The number of hydrogen-bond donors (Lipinski definition) is 0. The molecule has 0 aromatic heterocycles. The van der Waals surface area contributed by atoms with Gasteiger partial charge in [0.25, 0.3) is 0 Å². The van der Waals surface area contributed by atoms with Crippen LogP contribution in [0.4, 0.5) is 22.7 Å². The van der Waals surface area contributed by atoms with Gasteiger partial charge < -0.3 is 0 Å². The van der Waals surface area contributed by atoms with Gasteiger partial charge in [-0.2, -0.15) is 5.26 Å². The molecule has 10 heteroatoms. The van der Waals surface area contributed by atoms with Crippen molar-refractivity contribution in [1.82, 2.24) is 9.15 Å². The average molecular weight is 629 g/mol. The third-order valence-corrected chi connectivity index (χ3v) is 33.1. The Kier molecular flexibility index (Phi) is 7.57. The van der Waals surface area contributed by atoms with Crippen LogP contribution >= 0.6 is 67.0 Å². The Balaban J connectivity index is 0.000000937. The first-order chi connectivity index (χ1) is 18.3. The normalized spacial score (nSPS) is 19.4. The van der Waals surface area contributed by atoms with E-state index in [9.17, 15) is 0 Å². The molecule has 0 radical (unpaired) electrons. The zero-order chi connectivity index (χ0) is 26.7. The number of nitrogens with zero attached hydrogens (tertiary/aromatic N) is 3. The summed E-state index contributed by atoms with van der Waals surface area (Å²) in [6, 6.07) is 43.2. The molecule has 38 heavy (non-hydrogen) atoms. The van der Waals surface area contributed by atoms with Gasteiger partial charge in [0.1, 0.15) is 0 Å². The summed E-state index contributed by atoms with van der Waals surface area (Å²) < 4.78 is 2.62. The van der Waals surface area contributed by atoms with E-state index in [1.807, 2.05) is 24.3 Å². The van der Waals surface area contributed by atoms with E-state index >= 15 is 0 Å². The summed E-state index contributed by atoms with van der Waals surface area (Å²) in [6.07, 6.45) is 0. The van der Waals surface area contributed by atoms with Crippen LogP contribution in [0.1, 0.15) is 6.92 Å². The summed E-state index contributed by atoms with van der Waals surface area (Å²) in [5, 5.41) is 7.32. The molecule has 2 aliphatic heterocycles. The van der Waals surface area contributed by atoms with Gasteiger partial charge in [-0.3, -0.25) is 0 Å². The van der Waals surface area contributed by atoms with Crippen molar-refractivity contribution in [3.8, 4) is 6.07 Å². The van der Waals surface area contributed by atoms with Crippen molar-refractivity contribution in [2.75, 3.05) is 0 Å². The van der Waals surface area contributed by atoms with E-state index in [1.165, 1.54) is 6.92 Å². The van der Waals surface area contributed by atoms with Crippen LogP contribution in [0, 0.1) is 11.3 Å². The van der Waals surface area contributed by atoms with Gasteiger partial charge in [-0.05, 0) is 0 Å². The molecule has 0 N–H and O–H groups in total. The van der Waals surface area contributed by atoms with E-state index in [0.717, 1.165) is 31.5 Å². The van der Waals surface area contributed by atoms with Gasteiger partial charge in [-0.25, -0.2) is 0 Å². The van der Waals surface area contributed by atoms with Crippen molar-refractivity contribution in [3.63, 3.8) is 0 Å². The number of rotatable bonds is 4. The van der Waals surface area contributed by atoms with Crippen molar-refractivity contribution in [3.05, 3.63) is 121 Å². The van der Waals surface area contributed by atoms with Crippen LogP contribution < -0.4 is 9.15 Å². The minimum absolute atomic E-state index is 1.09. The fraction of sp³-hybridized carbons (Fsp3) is 0.0357. The predicted molar refractivity (Wildman–Crippen MR) is 178 cm³/mol. The first kappa shape index (κ1) is 27.5. The average Bonchev–Trinajstić information content (AvgIpc) is 2.90. The maximum absolute atomic E-state index is 7.49. The van der Waals surface area contributed by atoms with Crippen LogP contribution in [0.25, 0.3) is 0 Å². The van der Waals surface area contributed by atoms with Crippen molar-refractivity contribution < 1.29 is 0 Å². The molecular weight excluding hydrogens is 606 g/mol. The van der Waals surface area contributed by atoms with Crippen molar-refractivity contribution in [2.24, 2.45) is 0 Å². The SMILES string of the molecule is CC#N.Cl[Si-2]12(Cl)(SC(=[N+](c3ccccc3)c3ccccc3)S1)SC(=[N+](c1ccccc1)c1ccccc1)S2. The molecule has 0 atom stereocenters. The summed E-state index contributed by atoms with van der Waals surface area (Å²) in [7, 11) is 0. The quantitative estimate of drug-likeness (QED) is 0.128. The molecule has 1 spiro atoms. The van der Waals surface area contributed by atoms with Gasteiger partial charge in [-0.15, -0.1) is 0 Å². The van der Waals surface area contributed by atoms with Gasteiger partial charge in [-0.1, -0.05) is 0 Å². The molecule has 0 bridgehead atoms. The molecule has 3 nitrogen and oxygen atoms in total. The molecule has 4 aromatic carbocycles. The first-order valence-corrected chi connectivity index (χ1v) is 22.9. The zero-order valence-corrected chi connectivity index (χ0v) is 26.1. The van der Waals surface area contributed by atoms with E-state index < -0.39 is 1.85 Å². The monoisotopic (exact) mass is 627 g/mol. The summed E-state index contributed by atoms with van der Waals surface area (Å²) >= 11 is 21.6. The minimum atomic E-state index is -4.07.